The molecular weight excluding hydrogens is 339 g/mol. The first-order chi connectivity index (χ1) is 9.08. The molecule has 0 saturated heterocycles. The standard InChI is InChI=1S/C11H9BrClFN4O/c1-2-15-10-16-9(13)17-11(18-10)19-8-5-6(14)3-4-7(8)12/h3-5H,2H2,1H3,(H,15,16,17,18). The lowest BCUT2D eigenvalue weighted by atomic mass is 10.3. The molecule has 0 saturated carbocycles. The zero-order valence-corrected chi connectivity index (χ0v) is 12.2. The minimum atomic E-state index is -0.426. The smallest absolute Gasteiger partial charge is 0.328 e. The highest BCUT2D eigenvalue weighted by atomic mass is 79.9. The molecule has 0 fully saturated rings. The summed E-state index contributed by atoms with van der Waals surface area (Å²) >= 11 is 9.00. The van der Waals surface area contributed by atoms with Gasteiger partial charge in [-0.25, -0.2) is 4.39 Å². The van der Waals surface area contributed by atoms with Gasteiger partial charge in [0.2, 0.25) is 11.2 Å². The van der Waals surface area contributed by atoms with Crippen LogP contribution in [0.4, 0.5) is 10.3 Å². The summed E-state index contributed by atoms with van der Waals surface area (Å²) in [5, 5.41) is 2.88. The number of aromatic nitrogens is 3. The molecule has 0 aliphatic rings. The van der Waals surface area contributed by atoms with Gasteiger partial charge < -0.3 is 10.1 Å². The van der Waals surface area contributed by atoms with E-state index in [-0.39, 0.29) is 17.0 Å². The number of halogens is 3. The van der Waals surface area contributed by atoms with Crippen LogP contribution >= 0.6 is 27.5 Å². The molecule has 5 nitrogen and oxygen atoms in total. The van der Waals surface area contributed by atoms with E-state index in [2.05, 4.69) is 36.2 Å². The largest absolute Gasteiger partial charge is 0.423 e. The van der Waals surface area contributed by atoms with Crippen LogP contribution in [0.1, 0.15) is 6.92 Å². The van der Waals surface area contributed by atoms with E-state index in [0.717, 1.165) is 0 Å². The Bertz CT molecular complexity index is 599. The summed E-state index contributed by atoms with van der Waals surface area (Å²) < 4.78 is 19.1. The molecule has 1 aromatic heterocycles. The van der Waals surface area contributed by atoms with Crippen LogP contribution < -0.4 is 10.1 Å². The number of nitrogens with zero attached hydrogens (tertiary/aromatic N) is 3. The van der Waals surface area contributed by atoms with Crippen molar-refractivity contribution in [2.45, 2.75) is 6.92 Å². The van der Waals surface area contributed by atoms with Crippen LogP contribution in [0.3, 0.4) is 0 Å². The molecule has 0 spiro atoms. The van der Waals surface area contributed by atoms with Crippen LogP contribution in [-0.2, 0) is 0 Å². The van der Waals surface area contributed by atoms with E-state index in [0.29, 0.717) is 17.0 Å². The molecule has 0 atom stereocenters. The first kappa shape index (κ1) is 14.0. The van der Waals surface area contributed by atoms with E-state index in [1.807, 2.05) is 6.92 Å². The average molecular weight is 348 g/mol. The number of anilines is 1. The maximum atomic E-state index is 13.1. The Morgan fingerprint density at radius 2 is 2.16 bits per heavy atom. The SMILES string of the molecule is CCNc1nc(Cl)nc(Oc2cc(F)ccc2Br)n1. The maximum absolute atomic E-state index is 13.1. The highest BCUT2D eigenvalue weighted by Crippen LogP contribution is 2.29. The van der Waals surface area contributed by atoms with Crippen molar-refractivity contribution in [1.82, 2.24) is 15.0 Å². The van der Waals surface area contributed by atoms with Gasteiger partial charge in [-0.15, -0.1) is 0 Å². The van der Waals surface area contributed by atoms with E-state index in [9.17, 15) is 4.39 Å². The number of benzene rings is 1. The predicted octanol–water partition coefficient (Wildman–Crippen LogP) is 3.65. The molecule has 19 heavy (non-hydrogen) atoms. The van der Waals surface area contributed by atoms with Gasteiger partial charge in [0, 0.05) is 12.6 Å². The van der Waals surface area contributed by atoms with Gasteiger partial charge >= 0.3 is 6.01 Å². The third kappa shape index (κ3) is 3.74. The molecule has 0 radical (unpaired) electrons. The summed E-state index contributed by atoms with van der Waals surface area (Å²) in [4.78, 5) is 11.7. The topological polar surface area (TPSA) is 59.9 Å². The predicted molar refractivity (Wildman–Crippen MR) is 73.2 cm³/mol. The molecule has 2 aromatic rings. The van der Waals surface area contributed by atoms with Crippen molar-refractivity contribution in [1.29, 1.82) is 0 Å². The van der Waals surface area contributed by atoms with Crippen LogP contribution in [0, 0.1) is 5.82 Å². The van der Waals surface area contributed by atoms with Crippen LogP contribution in [-0.4, -0.2) is 21.5 Å². The highest BCUT2D eigenvalue weighted by molar-refractivity contribution is 9.10. The Morgan fingerprint density at radius 3 is 2.89 bits per heavy atom. The second-order valence-electron chi connectivity index (χ2n) is 3.42. The van der Waals surface area contributed by atoms with Crippen LogP contribution in [0.15, 0.2) is 22.7 Å². The Balaban J connectivity index is 2.29. The van der Waals surface area contributed by atoms with Crippen molar-refractivity contribution in [3.8, 4) is 11.8 Å². The lowest BCUT2D eigenvalue weighted by Crippen LogP contribution is -2.05. The molecule has 1 N–H and O–H groups in total. The fourth-order valence-electron chi connectivity index (χ4n) is 1.27. The first-order valence-electron chi connectivity index (χ1n) is 5.37. The van der Waals surface area contributed by atoms with Gasteiger partial charge in [0.15, 0.2) is 0 Å². The zero-order valence-electron chi connectivity index (χ0n) is 9.82. The molecule has 2 rings (SSSR count). The molecular formula is C11H9BrClFN4O. The second-order valence-corrected chi connectivity index (χ2v) is 4.61. The first-order valence-corrected chi connectivity index (χ1v) is 6.54. The summed E-state index contributed by atoms with van der Waals surface area (Å²) in [7, 11) is 0. The van der Waals surface area contributed by atoms with E-state index >= 15 is 0 Å². The normalized spacial score (nSPS) is 10.3. The van der Waals surface area contributed by atoms with Gasteiger partial charge in [-0.3, -0.25) is 0 Å². The summed E-state index contributed by atoms with van der Waals surface area (Å²) in [6.07, 6.45) is 0. The fraction of sp³-hybridized carbons (Fsp3) is 0.182. The minimum absolute atomic E-state index is 0.00604. The van der Waals surface area contributed by atoms with Crippen molar-refractivity contribution in [2.75, 3.05) is 11.9 Å². The van der Waals surface area contributed by atoms with Crippen LogP contribution in [0.25, 0.3) is 0 Å². The van der Waals surface area contributed by atoms with Crippen molar-refractivity contribution in [3.63, 3.8) is 0 Å². The van der Waals surface area contributed by atoms with Gasteiger partial charge in [-0.05, 0) is 46.6 Å². The molecule has 0 aliphatic carbocycles. The van der Waals surface area contributed by atoms with Crippen molar-refractivity contribution >= 4 is 33.5 Å². The van der Waals surface area contributed by atoms with Crippen molar-refractivity contribution in [2.24, 2.45) is 0 Å². The third-order valence-electron chi connectivity index (χ3n) is 2.02. The minimum Gasteiger partial charge on any atom is -0.423 e. The Morgan fingerprint density at radius 1 is 1.37 bits per heavy atom. The quantitative estimate of drug-likeness (QED) is 0.915. The van der Waals surface area contributed by atoms with Gasteiger partial charge in [0.25, 0.3) is 0 Å². The number of rotatable bonds is 4. The lowest BCUT2D eigenvalue weighted by Gasteiger charge is -2.07. The molecule has 0 bridgehead atoms. The van der Waals surface area contributed by atoms with Crippen molar-refractivity contribution in [3.05, 3.63) is 33.8 Å². The molecule has 8 heteroatoms. The van der Waals surface area contributed by atoms with E-state index < -0.39 is 5.82 Å². The van der Waals surface area contributed by atoms with E-state index in [4.69, 9.17) is 16.3 Å². The summed E-state index contributed by atoms with van der Waals surface area (Å²) in [6.45, 7) is 2.52. The van der Waals surface area contributed by atoms with Crippen molar-refractivity contribution < 1.29 is 9.13 Å². The fourth-order valence-corrected chi connectivity index (χ4v) is 1.75. The number of nitrogens with one attached hydrogen (secondary N) is 1. The van der Waals surface area contributed by atoms with E-state index in [1.54, 1.807) is 0 Å². The summed E-state index contributed by atoms with van der Waals surface area (Å²) in [5.41, 5.74) is 0. The summed E-state index contributed by atoms with van der Waals surface area (Å²) in [5.74, 6) is 0.125. The number of hydrogen-bond donors (Lipinski definition) is 1. The Kier molecular flexibility index (Phi) is 4.49. The van der Waals surface area contributed by atoms with Gasteiger partial charge in [0.05, 0.1) is 4.47 Å². The summed E-state index contributed by atoms with van der Waals surface area (Å²) in [6, 6.07) is 4.04. The lowest BCUT2D eigenvalue weighted by molar-refractivity contribution is 0.434. The monoisotopic (exact) mass is 346 g/mol. The van der Waals surface area contributed by atoms with Crippen LogP contribution in [0.2, 0.25) is 5.28 Å². The van der Waals surface area contributed by atoms with E-state index in [1.165, 1.54) is 18.2 Å². The van der Waals surface area contributed by atoms with Gasteiger partial charge in [0.1, 0.15) is 11.6 Å². The average Bonchev–Trinajstić information content (AvgIpc) is 2.33. The number of hydrogen-bond acceptors (Lipinski definition) is 5. The highest BCUT2D eigenvalue weighted by Gasteiger charge is 2.09. The molecule has 1 aromatic carbocycles. The molecule has 100 valence electrons. The zero-order chi connectivity index (χ0) is 13.8. The molecule has 0 amide bonds. The van der Waals surface area contributed by atoms with Gasteiger partial charge in [-0.2, -0.15) is 15.0 Å². The Hall–Kier alpha value is -1.47. The second kappa shape index (κ2) is 6.12. The van der Waals surface area contributed by atoms with Gasteiger partial charge in [-0.1, -0.05) is 0 Å². The van der Waals surface area contributed by atoms with Crippen LogP contribution in [0.5, 0.6) is 11.8 Å². The maximum Gasteiger partial charge on any atom is 0.328 e. The number of ether oxygens (including phenoxy) is 1. The molecule has 1 heterocycles. The third-order valence-corrected chi connectivity index (χ3v) is 2.84. The molecule has 0 aliphatic heterocycles. The Labute approximate surface area is 122 Å². The molecule has 0 unspecified atom stereocenters.